The van der Waals surface area contributed by atoms with Crippen LogP contribution in [0.1, 0.15) is 79.2 Å². The van der Waals surface area contributed by atoms with E-state index < -0.39 is 5.41 Å². The number of rotatable bonds is 7. The number of nitrogens with zero attached hydrogens (tertiary/aromatic N) is 2. The first-order chi connectivity index (χ1) is 17.3. The van der Waals surface area contributed by atoms with E-state index in [9.17, 15) is 9.59 Å². The lowest BCUT2D eigenvalue weighted by molar-refractivity contribution is 0.0859. The quantitative estimate of drug-likeness (QED) is 0.217. The molecule has 3 heterocycles. The van der Waals surface area contributed by atoms with Gasteiger partial charge in [-0.2, -0.15) is 0 Å². The largest absolute Gasteiger partial charge is 0.487 e. The van der Waals surface area contributed by atoms with Crippen molar-refractivity contribution >= 4 is 33.0 Å². The summed E-state index contributed by atoms with van der Waals surface area (Å²) in [5.41, 5.74) is 3.18. The number of fused-ring (bicyclic) bond motifs is 1. The third-order valence-corrected chi connectivity index (χ3v) is 6.59. The Balaban J connectivity index is 1.93. The molecule has 0 saturated heterocycles. The Bertz CT molecular complexity index is 1440. The number of carbonyl (C=O) groups is 2. The third kappa shape index (κ3) is 6.02. The van der Waals surface area contributed by atoms with Gasteiger partial charge in [-0.1, -0.05) is 63.5 Å². The molecule has 3 aromatic heterocycles. The second-order valence-electron chi connectivity index (χ2n) is 11.6. The summed E-state index contributed by atoms with van der Waals surface area (Å²) in [6.45, 7) is 12.4. The van der Waals surface area contributed by atoms with Crippen LogP contribution in [-0.2, 0) is 13.0 Å². The minimum atomic E-state index is -0.628. The SMILES string of the molecule is CC(C)(C)Cc1c(C(=O)C(C)(C)C)c2cc(OCc3ccccn3)ccn2c1C(=O)c1ccc(Br)cc1. The Morgan fingerprint density at radius 1 is 0.973 bits per heavy atom. The van der Waals surface area contributed by atoms with Crippen molar-refractivity contribution < 1.29 is 14.3 Å². The summed E-state index contributed by atoms with van der Waals surface area (Å²) >= 11 is 3.45. The minimum absolute atomic E-state index is 0.000909. The summed E-state index contributed by atoms with van der Waals surface area (Å²) in [7, 11) is 0. The molecule has 1 aromatic carbocycles. The maximum absolute atomic E-state index is 14.0. The number of aromatic nitrogens is 2. The highest BCUT2D eigenvalue weighted by Crippen LogP contribution is 2.37. The number of ketones is 2. The van der Waals surface area contributed by atoms with E-state index in [-0.39, 0.29) is 17.0 Å². The van der Waals surface area contributed by atoms with Crippen molar-refractivity contribution in [3.05, 3.63) is 99.5 Å². The van der Waals surface area contributed by atoms with Crippen LogP contribution in [0.5, 0.6) is 5.75 Å². The number of carbonyl (C=O) groups excluding carboxylic acids is 2. The summed E-state index contributed by atoms with van der Waals surface area (Å²) in [4.78, 5) is 32.2. The number of hydrogen-bond acceptors (Lipinski definition) is 4. The van der Waals surface area contributed by atoms with Crippen LogP contribution in [0.3, 0.4) is 0 Å². The van der Waals surface area contributed by atoms with E-state index in [1.807, 2.05) is 86.0 Å². The van der Waals surface area contributed by atoms with Gasteiger partial charge in [0.25, 0.3) is 0 Å². The number of benzene rings is 1. The zero-order valence-electron chi connectivity index (χ0n) is 22.3. The average Bonchev–Trinajstić information content (AvgIpc) is 3.13. The van der Waals surface area contributed by atoms with E-state index in [4.69, 9.17) is 4.74 Å². The van der Waals surface area contributed by atoms with Crippen molar-refractivity contribution in [3.8, 4) is 5.75 Å². The molecule has 6 heteroatoms. The molecular formula is C31H33BrN2O3. The highest BCUT2D eigenvalue weighted by molar-refractivity contribution is 9.10. The fraction of sp³-hybridized carbons (Fsp3) is 0.323. The number of ether oxygens (including phenoxy) is 1. The molecule has 0 N–H and O–H groups in total. The predicted octanol–water partition coefficient (Wildman–Crippen LogP) is 7.72. The number of hydrogen-bond donors (Lipinski definition) is 0. The second kappa shape index (κ2) is 10.3. The van der Waals surface area contributed by atoms with E-state index in [1.165, 1.54) is 0 Å². The molecule has 192 valence electrons. The van der Waals surface area contributed by atoms with Crippen LogP contribution in [0, 0.1) is 10.8 Å². The highest BCUT2D eigenvalue weighted by Gasteiger charge is 2.34. The van der Waals surface area contributed by atoms with Gasteiger partial charge in [-0.05, 0) is 59.9 Å². The maximum Gasteiger partial charge on any atom is 0.210 e. The lowest BCUT2D eigenvalue weighted by atomic mass is 9.80. The van der Waals surface area contributed by atoms with E-state index in [1.54, 1.807) is 6.20 Å². The molecule has 4 aromatic rings. The van der Waals surface area contributed by atoms with Gasteiger partial charge in [-0.25, -0.2) is 0 Å². The van der Waals surface area contributed by atoms with Crippen LogP contribution < -0.4 is 4.74 Å². The van der Waals surface area contributed by atoms with Gasteiger partial charge in [-0.3, -0.25) is 14.6 Å². The van der Waals surface area contributed by atoms with Crippen molar-refractivity contribution in [2.45, 2.75) is 54.6 Å². The number of Topliss-reactive ketones (excluding diaryl/α,β-unsaturated/α-hetero) is 1. The maximum atomic E-state index is 14.0. The van der Waals surface area contributed by atoms with E-state index in [0.717, 1.165) is 15.7 Å². The van der Waals surface area contributed by atoms with Crippen LogP contribution in [0.4, 0.5) is 0 Å². The zero-order valence-corrected chi connectivity index (χ0v) is 23.8. The third-order valence-electron chi connectivity index (χ3n) is 6.06. The van der Waals surface area contributed by atoms with Crippen LogP contribution in [0.25, 0.3) is 5.52 Å². The Morgan fingerprint density at radius 3 is 2.27 bits per heavy atom. The molecule has 0 radical (unpaired) electrons. The van der Waals surface area contributed by atoms with Crippen molar-refractivity contribution in [2.75, 3.05) is 0 Å². The molecule has 0 unspecified atom stereocenters. The molecule has 37 heavy (non-hydrogen) atoms. The molecule has 5 nitrogen and oxygen atoms in total. The van der Waals surface area contributed by atoms with Gasteiger partial charge < -0.3 is 9.14 Å². The average molecular weight is 562 g/mol. The summed E-state index contributed by atoms with van der Waals surface area (Å²) in [6.07, 6.45) is 4.14. The molecule has 0 atom stereocenters. The van der Waals surface area contributed by atoms with Gasteiger partial charge in [0.15, 0.2) is 5.78 Å². The summed E-state index contributed by atoms with van der Waals surface area (Å²) < 4.78 is 8.81. The normalized spacial score (nSPS) is 12.1. The van der Waals surface area contributed by atoms with Gasteiger partial charge in [0.1, 0.15) is 12.4 Å². The van der Waals surface area contributed by atoms with Gasteiger partial charge >= 0.3 is 0 Å². The molecule has 0 bridgehead atoms. The molecule has 0 aliphatic heterocycles. The zero-order chi connectivity index (χ0) is 27.0. The molecular weight excluding hydrogens is 528 g/mol. The first-order valence-corrected chi connectivity index (χ1v) is 13.2. The first-order valence-electron chi connectivity index (χ1n) is 12.4. The first kappa shape index (κ1) is 26.8. The molecule has 4 rings (SSSR count). The predicted molar refractivity (Wildman–Crippen MR) is 150 cm³/mol. The fourth-order valence-electron chi connectivity index (χ4n) is 4.33. The Labute approximate surface area is 227 Å². The minimum Gasteiger partial charge on any atom is -0.487 e. The standard InChI is InChI=1S/C31H33BrN2O3/c1-30(2,3)18-24-26(29(36)31(4,5)6)25-17-23(37-19-22-9-7-8-15-33-22)14-16-34(25)27(24)28(35)20-10-12-21(32)13-11-20/h7-17H,18-19H2,1-6H3. The molecule has 0 fully saturated rings. The summed E-state index contributed by atoms with van der Waals surface area (Å²) in [5, 5.41) is 0. The lowest BCUT2D eigenvalue weighted by Gasteiger charge is -2.22. The van der Waals surface area contributed by atoms with Gasteiger partial charge in [-0.15, -0.1) is 0 Å². The van der Waals surface area contributed by atoms with E-state index in [2.05, 4.69) is 41.7 Å². The molecule has 0 aliphatic carbocycles. The van der Waals surface area contributed by atoms with Gasteiger partial charge in [0.05, 0.1) is 16.9 Å². The summed E-state index contributed by atoms with van der Waals surface area (Å²) in [6, 6.07) is 16.7. The molecule has 0 spiro atoms. The monoisotopic (exact) mass is 560 g/mol. The molecule has 0 amide bonds. The Kier molecular flexibility index (Phi) is 7.43. The topological polar surface area (TPSA) is 60.7 Å². The Morgan fingerprint density at radius 2 is 1.68 bits per heavy atom. The van der Waals surface area contributed by atoms with Crippen molar-refractivity contribution in [2.24, 2.45) is 10.8 Å². The highest BCUT2D eigenvalue weighted by atomic mass is 79.9. The Hall–Kier alpha value is -3.25. The second-order valence-corrected chi connectivity index (χ2v) is 12.5. The summed E-state index contributed by atoms with van der Waals surface area (Å²) in [5.74, 6) is 0.501. The lowest BCUT2D eigenvalue weighted by Crippen LogP contribution is -2.23. The molecule has 0 saturated carbocycles. The number of pyridine rings is 2. The fourth-order valence-corrected chi connectivity index (χ4v) is 4.60. The van der Waals surface area contributed by atoms with Crippen molar-refractivity contribution in [3.63, 3.8) is 0 Å². The van der Waals surface area contributed by atoms with Crippen LogP contribution in [0.2, 0.25) is 0 Å². The smallest absolute Gasteiger partial charge is 0.210 e. The van der Waals surface area contributed by atoms with Gasteiger partial charge in [0.2, 0.25) is 5.78 Å². The van der Waals surface area contributed by atoms with Crippen LogP contribution in [0.15, 0.2) is 71.5 Å². The van der Waals surface area contributed by atoms with Crippen LogP contribution >= 0.6 is 15.9 Å². The van der Waals surface area contributed by atoms with Crippen molar-refractivity contribution in [1.82, 2.24) is 9.38 Å². The molecule has 0 aliphatic rings. The van der Waals surface area contributed by atoms with Gasteiger partial charge in [0, 0.05) is 39.5 Å². The van der Waals surface area contributed by atoms with Crippen molar-refractivity contribution in [1.29, 1.82) is 0 Å². The van der Waals surface area contributed by atoms with Crippen LogP contribution in [-0.4, -0.2) is 21.0 Å². The van der Waals surface area contributed by atoms with E-state index in [0.29, 0.717) is 41.1 Å². The van der Waals surface area contributed by atoms with E-state index >= 15 is 0 Å². The number of halogens is 1.